The zero-order chi connectivity index (χ0) is 13.4. The quantitative estimate of drug-likeness (QED) is 0.235. The number of hydrazone groups is 1. The number of ether oxygens (including phenoxy) is 1. The van der Waals surface area contributed by atoms with Crippen molar-refractivity contribution in [1.29, 1.82) is 0 Å². The second-order valence-electron chi connectivity index (χ2n) is 3.14. The minimum atomic E-state index is -0.767. The number of oxime groups is 1. The Hall–Kier alpha value is -2.57. The molecule has 0 aliphatic carbocycles. The number of esters is 1. The maximum atomic E-state index is 11.5. The summed E-state index contributed by atoms with van der Waals surface area (Å²) in [5.74, 6) is -1.19. The molecule has 0 aliphatic rings. The molecule has 7 heteroatoms. The van der Waals surface area contributed by atoms with Gasteiger partial charge in [-0.15, -0.1) is 0 Å². The lowest BCUT2D eigenvalue weighted by Crippen LogP contribution is -2.33. The van der Waals surface area contributed by atoms with Gasteiger partial charge in [0.25, 0.3) is 0 Å². The van der Waals surface area contributed by atoms with Crippen molar-refractivity contribution in [1.82, 2.24) is 0 Å². The number of rotatable bonds is 5. The van der Waals surface area contributed by atoms with Crippen molar-refractivity contribution in [2.45, 2.75) is 6.92 Å². The molecule has 0 atom stereocenters. The number of amidine groups is 1. The Morgan fingerprint density at radius 1 is 1.44 bits per heavy atom. The molecule has 1 aromatic carbocycles. The summed E-state index contributed by atoms with van der Waals surface area (Å²) in [6.07, 6.45) is 0. The van der Waals surface area contributed by atoms with E-state index in [1.165, 1.54) is 0 Å². The van der Waals surface area contributed by atoms with Gasteiger partial charge < -0.3 is 15.7 Å². The van der Waals surface area contributed by atoms with Gasteiger partial charge in [-0.05, 0) is 19.1 Å². The zero-order valence-electron chi connectivity index (χ0n) is 9.83. The van der Waals surface area contributed by atoms with Crippen LogP contribution in [0.15, 0.2) is 40.6 Å². The molecule has 0 aliphatic heterocycles. The number of hydrogen-bond donors (Lipinski definition) is 3. The van der Waals surface area contributed by atoms with E-state index in [2.05, 4.69) is 15.7 Å². The van der Waals surface area contributed by atoms with Crippen LogP contribution in [0.1, 0.15) is 6.92 Å². The lowest BCUT2D eigenvalue weighted by molar-refractivity contribution is -0.134. The lowest BCUT2D eigenvalue weighted by Gasteiger charge is -2.05. The lowest BCUT2D eigenvalue weighted by atomic mass is 10.3. The fraction of sp³-hybridized carbons (Fsp3) is 0.182. The normalized spacial score (nSPS) is 12.1. The van der Waals surface area contributed by atoms with Gasteiger partial charge in [0, 0.05) is 0 Å². The van der Waals surface area contributed by atoms with Crippen LogP contribution >= 0.6 is 0 Å². The molecule has 0 amide bonds. The minimum Gasteiger partial charge on any atom is -0.461 e. The van der Waals surface area contributed by atoms with Crippen LogP contribution < -0.4 is 11.2 Å². The minimum absolute atomic E-state index is 0.169. The van der Waals surface area contributed by atoms with E-state index in [-0.39, 0.29) is 12.3 Å². The number of anilines is 1. The summed E-state index contributed by atoms with van der Waals surface area (Å²) in [6.45, 7) is 1.81. The first-order valence-electron chi connectivity index (χ1n) is 5.22. The van der Waals surface area contributed by atoms with Gasteiger partial charge in [-0.25, -0.2) is 4.79 Å². The fourth-order valence-electron chi connectivity index (χ4n) is 1.09. The van der Waals surface area contributed by atoms with Crippen molar-refractivity contribution in [3.63, 3.8) is 0 Å². The molecule has 0 saturated carbocycles. The van der Waals surface area contributed by atoms with E-state index in [9.17, 15) is 4.79 Å². The molecule has 1 rings (SSSR count). The third kappa shape index (κ3) is 3.78. The van der Waals surface area contributed by atoms with Crippen LogP contribution in [0.4, 0.5) is 5.69 Å². The highest BCUT2D eigenvalue weighted by atomic mass is 16.5. The average molecular weight is 250 g/mol. The number of nitrogens with two attached hydrogens (primary N) is 1. The molecule has 0 unspecified atom stereocenters. The Morgan fingerprint density at radius 2 is 2.11 bits per heavy atom. The fourth-order valence-corrected chi connectivity index (χ4v) is 1.09. The monoisotopic (exact) mass is 250 g/mol. The van der Waals surface area contributed by atoms with Crippen LogP contribution in [0.2, 0.25) is 0 Å². The molecule has 0 bridgehead atoms. The number of nitrogens with one attached hydrogen (secondary N) is 1. The molecule has 96 valence electrons. The van der Waals surface area contributed by atoms with Gasteiger partial charge in [0.05, 0.1) is 12.3 Å². The summed E-state index contributed by atoms with van der Waals surface area (Å²) in [7, 11) is 0. The van der Waals surface area contributed by atoms with Gasteiger partial charge in [-0.3, -0.25) is 5.43 Å². The van der Waals surface area contributed by atoms with Gasteiger partial charge in [0.2, 0.25) is 5.71 Å². The molecule has 0 heterocycles. The molecule has 0 spiro atoms. The SMILES string of the molecule is CCOC(=O)C(=N/Nc1ccccc1)/C(N)=N/O. The summed E-state index contributed by atoms with van der Waals surface area (Å²) in [5, 5.41) is 15.1. The van der Waals surface area contributed by atoms with Crippen LogP contribution in [-0.4, -0.2) is 29.3 Å². The van der Waals surface area contributed by atoms with Crippen molar-refractivity contribution in [2.24, 2.45) is 16.0 Å². The molecule has 0 aromatic heterocycles. The second-order valence-corrected chi connectivity index (χ2v) is 3.14. The Bertz CT molecular complexity index is 457. The maximum absolute atomic E-state index is 11.5. The molecule has 7 nitrogen and oxygen atoms in total. The van der Waals surface area contributed by atoms with E-state index in [0.29, 0.717) is 5.69 Å². The summed E-state index contributed by atoms with van der Waals surface area (Å²) in [5.41, 5.74) is 8.32. The predicted octanol–water partition coefficient (Wildman–Crippen LogP) is 0.764. The van der Waals surface area contributed by atoms with Gasteiger partial charge in [-0.1, -0.05) is 23.4 Å². The van der Waals surface area contributed by atoms with Gasteiger partial charge >= 0.3 is 5.97 Å². The maximum Gasteiger partial charge on any atom is 0.362 e. The number of nitrogens with zero attached hydrogens (tertiary/aromatic N) is 2. The predicted molar refractivity (Wildman–Crippen MR) is 67.5 cm³/mol. The van der Waals surface area contributed by atoms with Crippen molar-refractivity contribution in [3.05, 3.63) is 30.3 Å². The summed E-state index contributed by atoms with van der Waals surface area (Å²) >= 11 is 0. The third-order valence-corrected chi connectivity index (χ3v) is 1.89. The van der Waals surface area contributed by atoms with E-state index in [1.807, 2.05) is 6.07 Å². The van der Waals surface area contributed by atoms with E-state index in [4.69, 9.17) is 15.7 Å². The van der Waals surface area contributed by atoms with Crippen molar-refractivity contribution >= 4 is 23.2 Å². The van der Waals surface area contributed by atoms with Crippen LogP contribution in [0.3, 0.4) is 0 Å². The van der Waals surface area contributed by atoms with Gasteiger partial charge in [0.1, 0.15) is 0 Å². The van der Waals surface area contributed by atoms with Gasteiger partial charge in [-0.2, -0.15) is 5.10 Å². The van der Waals surface area contributed by atoms with Crippen LogP contribution in [0.5, 0.6) is 0 Å². The number of carbonyl (C=O) groups is 1. The molecular formula is C11H14N4O3. The Kier molecular flexibility index (Phi) is 5.17. The highest BCUT2D eigenvalue weighted by Gasteiger charge is 2.18. The Labute approximate surface area is 104 Å². The van der Waals surface area contributed by atoms with Crippen molar-refractivity contribution in [2.75, 3.05) is 12.0 Å². The summed E-state index contributed by atoms with van der Waals surface area (Å²) in [4.78, 5) is 11.5. The van der Waals surface area contributed by atoms with E-state index >= 15 is 0 Å². The average Bonchev–Trinajstić information content (AvgIpc) is 2.40. The Balaban J connectivity index is 2.86. The highest BCUT2D eigenvalue weighted by Crippen LogP contribution is 2.04. The van der Waals surface area contributed by atoms with Crippen molar-refractivity contribution in [3.8, 4) is 0 Å². The number of benzene rings is 1. The number of carbonyl (C=O) groups excluding carboxylic acids is 1. The molecule has 0 saturated heterocycles. The van der Waals surface area contributed by atoms with Crippen LogP contribution in [0.25, 0.3) is 0 Å². The first-order valence-corrected chi connectivity index (χ1v) is 5.22. The van der Waals surface area contributed by atoms with E-state index in [1.54, 1.807) is 31.2 Å². The smallest absolute Gasteiger partial charge is 0.362 e. The third-order valence-electron chi connectivity index (χ3n) is 1.89. The van der Waals surface area contributed by atoms with E-state index in [0.717, 1.165) is 0 Å². The van der Waals surface area contributed by atoms with Crippen LogP contribution in [-0.2, 0) is 9.53 Å². The molecule has 0 radical (unpaired) electrons. The summed E-state index contributed by atoms with van der Waals surface area (Å²) < 4.78 is 4.73. The second kappa shape index (κ2) is 6.89. The van der Waals surface area contributed by atoms with Crippen molar-refractivity contribution < 1.29 is 14.7 Å². The molecule has 0 fully saturated rings. The molecule has 18 heavy (non-hydrogen) atoms. The number of hydrogen-bond acceptors (Lipinski definition) is 6. The Morgan fingerprint density at radius 3 is 2.67 bits per heavy atom. The highest BCUT2D eigenvalue weighted by molar-refractivity contribution is 6.65. The van der Waals surface area contributed by atoms with Gasteiger partial charge in [0.15, 0.2) is 5.84 Å². The zero-order valence-corrected chi connectivity index (χ0v) is 9.83. The number of para-hydroxylation sites is 1. The molecule has 1 aromatic rings. The largest absolute Gasteiger partial charge is 0.461 e. The first kappa shape index (κ1) is 13.5. The van der Waals surface area contributed by atoms with E-state index < -0.39 is 11.8 Å². The summed E-state index contributed by atoms with van der Waals surface area (Å²) in [6, 6.07) is 8.93. The topological polar surface area (TPSA) is 109 Å². The first-order chi connectivity index (χ1) is 8.69. The van der Waals surface area contributed by atoms with Crippen LogP contribution in [0, 0.1) is 0 Å². The molecule has 4 N–H and O–H groups in total. The standard InChI is InChI=1S/C11H14N4O3/c1-2-18-11(16)9(10(12)15-17)14-13-8-6-4-3-5-7-8/h3-7,13,17H,2H2,1H3,(H2,12,15)/b14-9+. The molecular weight excluding hydrogens is 236 g/mol.